The van der Waals surface area contributed by atoms with Crippen LogP contribution in [0.4, 0.5) is 5.69 Å². The maximum atomic E-state index is 12.7. The zero-order valence-corrected chi connectivity index (χ0v) is 17.9. The summed E-state index contributed by atoms with van der Waals surface area (Å²) >= 11 is 1.33. The summed E-state index contributed by atoms with van der Waals surface area (Å²) in [7, 11) is 0. The van der Waals surface area contributed by atoms with Crippen molar-refractivity contribution in [2.24, 2.45) is 0 Å². The summed E-state index contributed by atoms with van der Waals surface area (Å²) in [5, 5.41) is 7.72. The van der Waals surface area contributed by atoms with Gasteiger partial charge < -0.3 is 5.32 Å². The van der Waals surface area contributed by atoms with Crippen molar-refractivity contribution in [2.75, 3.05) is 5.32 Å². The lowest BCUT2D eigenvalue weighted by Crippen LogP contribution is -2.24. The molecular formula is C23H25N3O2S. The Morgan fingerprint density at radius 1 is 1.10 bits per heavy atom. The number of thioether (sulfide) groups is 1. The number of benzene rings is 2. The number of carbonyl (C=O) groups excluding carboxylic acids is 1. The van der Waals surface area contributed by atoms with Crippen LogP contribution in [0.1, 0.15) is 30.5 Å². The standard InChI is InChI=1S/C23H25N3O2S/c1-5-18-8-6-7-9-20(18)24-23(28)17(4)29-21-12-13-22(27)26(25-21)19-11-10-15(2)16(3)14-19/h6-14,17H,5H2,1-4H3,(H,24,28)/t17-/m0/s1. The molecule has 1 N–H and O–H groups in total. The highest BCUT2D eigenvalue weighted by molar-refractivity contribution is 8.00. The van der Waals surface area contributed by atoms with Crippen LogP contribution in [0.5, 0.6) is 0 Å². The Morgan fingerprint density at radius 3 is 2.59 bits per heavy atom. The first kappa shape index (κ1) is 20.9. The minimum absolute atomic E-state index is 0.0957. The van der Waals surface area contributed by atoms with E-state index in [-0.39, 0.29) is 16.7 Å². The molecule has 1 atom stereocenters. The molecule has 0 saturated heterocycles. The van der Waals surface area contributed by atoms with Crippen molar-refractivity contribution in [3.8, 4) is 5.69 Å². The van der Waals surface area contributed by atoms with Gasteiger partial charge in [-0.15, -0.1) is 0 Å². The molecule has 2 aromatic carbocycles. The first-order chi connectivity index (χ1) is 13.9. The van der Waals surface area contributed by atoms with Gasteiger partial charge in [0.05, 0.1) is 10.9 Å². The van der Waals surface area contributed by atoms with E-state index in [4.69, 9.17) is 0 Å². The van der Waals surface area contributed by atoms with E-state index in [0.717, 1.165) is 34.5 Å². The maximum absolute atomic E-state index is 12.7. The number of anilines is 1. The number of carbonyl (C=O) groups is 1. The van der Waals surface area contributed by atoms with E-state index in [2.05, 4.69) is 17.3 Å². The topological polar surface area (TPSA) is 64.0 Å². The largest absolute Gasteiger partial charge is 0.325 e. The number of aryl methyl sites for hydroxylation is 3. The predicted octanol–water partition coefficient (Wildman–Crippen LogP) is 4.53. The summed E-state index contributed by atoms with van der Waals surface area (Å²) in [4.78, 5) is 25.0. The highest BCUT2D eigenvalue weighted by Crippen LogP contribution is 2.23. The number of aromatic nitrogens is 2. The molecule has 0 saturated carbocycles. The molecule has 0 spiro atoms. The molecule has 5 nitrogen and oxygen atoms in total. The van der Waals surface area contributed by atoms with Gasteiger partial charge >= 0.3 is 0 Å². The highest BCUT2D eigenvalue weighted by atomic mass is 32.2. The fourth-order valence-corrected chi connectivity index (χ4v) is 3.72. The van der Waals surface area contributed by atoms with Crippen LogP contribution in [0, 0.1) is 13.8 Å². The molecule has 150 valence electrons. The molecule has 1 heterocycles. The van der Waals surface area contributed by atoms with E-state index in [1.807, 2.05) is 63.2 Å². The number of amides is 1. The third-order valence-corrected chi connectivity index (χ3v) is 5.86. The molecule has 1 amide bonds. The quantitative estimate of drug-likeness (QED) is 0.610. The summed E-state index contributed by atoms with van der Waals surface area (Å²) in [6, 6.07) is 16.7. The van der Waals surface area contributed by atoms with Gasteiger partial charge in [0.15, 0.2) is 0 Å². The fourth-order valence-electron chi connectivity index (χ4n) is 2.92. The Morgan fingerprint density at radius 2 is 1.86 bits per heavy atom. The third kappa shape index (κ3) is 4.95. The molecule has 3 rings (SSSR count). The molecule has 0 unspecified atom stereocenters. The Kier molecular flexibility index (Phi) is 6.54. The summed E-state index contributed by atoms with van der Waals surface area (Å²) in [5.74, 6) is -0.0957. The lowest BCUT2D eigenvalue weighted by molar-refractivity contribution is -0.115. The Balaban J connectivity index is 1.78. The van der Waals surface area contributed by atoms with Crippen molar-refractivity contribution >= 4 is 23.4 Å². The van der Waals surface area contributed by atoms with Crippen LogP contribution in [-0.4, -0.2) is 20.9 Å². The molecule has 6 heteroatoms. The average Bonchev–Trinajstić information content (AvgIpc) is 2.72. The molecular weight excluding hydrogens is 382 g/mol. The minimum Gasteiger partial charge on any atom is -0.325 e. The molecule has 3 aromatic rings. The second kappa shape index (κ2) is 9.09. The van der Waals surface area contributed by atoms with E-state index < -0.39 is 0 Å². The van der Waals surface area contributed by atoms with Crippen LogP contribution >= 0.6 is 11.8 Å². The predicted molar refractivity (Wildman–Crippen MR) is 119 cm³/mol. The smallest absolute Gasteiger partial charge is 0.271 e. The normalized spacial score (nSPS) is 11.9. The van der Waals surface area contributed by atoms with Gasteiger partial charge in [-0.05, 0) is 68.1 Å². The van der Waals surface area contributed by atoms with Gasteiger partial charge in [0, 0.05) is 11.8 Å². The van der Waals surface area contributed by atoms with E-state index in [1.165, 1.54) is 22.5 Å². The van der Waals surface area contributed by atoms with Crippen molar-refractivity contribution in [3.63, 3.8) is 0 Å². The number of hydrogen-bond acceptors (Lipinski definition) is 4. The first-order valence-electron chi connectivity index (χ1n) is 9.62. The Labute approximate surface area is 175 Å². The second-order valence-electron chi connectivity index (χ2n) is 6.95. The van der Waals surface area contributed by atoms with Gasteiger partial charge in [-0.1, -0.05) is 43.0 Å². The fraction of sp³-hybridized carbons (Fsp3) is 0.261. The number of rotatable bonds is 6. The molecule has 29 heavy (non-hydrogen) atoms. The lowest BCUT2D eigenvalue weighted by atomic mass is 10.1. The number of hydrogen-bond donors (Lipinski definition) is 1. The van der Waals surface area contributed by atoms with Crippen molar-refractivity contribution in [3.05, 3.63) is 81.6 Å². The maximum Gasteiger partial charge on any atom is 0.271 e. The van der Waals surface area contributed by atoms with Gasteiger partial charge in [-0.2, -0.15) is 9.78 Å². The van der Waals surface area contributed by atoms with Crippen molar-refractivity contribution in [1.82, 2.24) is 9.78 Å². The van der Waals surface area contributed by atoms with Crippen molar-refractivity contribution in [1.29, 1.82) is 0 Å². The monoisotopic (exact) mass is 407 g/mol. The van der Waals surface area contributed by atoms with Gasteiger partial charge in [-0.25, -0.2) is 0 Å². The summed E-state index contributed by atoms with van der Waals surface area (Å²) in [5.41, 5.74) is 4.70. The summed E-state index contributed by atoms with van der Waals surface area (Å²) in [6.07, 6.45) is 0.848. The Hall–Kier alpha value is -2.86. The Bertz CT molecular complexity index is 1090. The average molecular weight is 408 g/mol. The lowest BCUT2D eigenvalue weighted by Gasteiger charge is -2.14. The molecule has 0 radical (unpaired) electrons. The minimum atomic E-state index is -0.363. The van der Waals surface area contributed by atoms with Crippen LogP contribution in [-0.2, 0) is 11.2 Å². The zero-order chi connectivity index (χ0) is 21.0. The van der Waals surface area contributed by atoms with Gasteiger partial charge in [0.1, 0.15) is 5.03 Å². The van der Waals surface area contributed by atoms with E-state index in [0.29, 0.717) is 5.03 Å². The third-order valence-electron chi connectivity index (χ3n) is 4.83. The molecule has 0 aliphatic rings. The van der Waals surface area contributed by atoms with Gasteiger partial charge in [-0.3, -0.25) is 9.59 Å². The van der Waals surface area contributed by atoms with E-state index in [9.17, 15) is 9.59 Å². The second-order valence-corrected chi connectivity index (χ2v) is 8.31. The van der Waals surface area contributed by atoms with Crippen LogP contribution < -0.4 is 10.9 Å². The van der Waals surface area contributed by atoms with Gasteiger partial charge in [0.25, 0.3) is 5.56 Å². The molecule has 0 bridgehead atoms. The van der Waals surface area contributed by atoms with Crippen LogP contribution in [0.2, 0.25) is 0 Å². The molecule has 0 fully saturated rings. The summed E-state index contributed by atoms with van der Waals surface area (Å²) < 4.78 is 1.38. The van der Waals surface area contributed by atoms with Crippen LogP contribution in [0.25, 0.3) is 5.69 Å². The SMILES string of the molecule is CCc1ccccc1NC(=O)[C@H](C)Sc1ccc(=O)n(-c2ccc(C)c(C)c2)n1. The van der Waals surface area contributed by atoms with E-state index >= 15 is 0 Å². The first-order valence-corrected chi connectivity index (χ1v) is 10.5. The van der Waals surface area contributed by atoms with Gasteiger partial charge in [0.2, 0.25) is 5.91 Å². The van der Waals surface area contributed by atoms with Crippen LogP contribution in [0.15, 0.2) is 64.4 Å². The van der Waals surface area contributed by atoms with E-state index in [1.54, 1.807) is 6.07 Å². The summed E-state index contributed by atoms with van der Waals surface area (Å²) in [6.45, 7) is 7.92. The highest BCUT2D eigenvalue weighted by Gasteiger charge is 2.17. The molecule has 0 aliphatic heterocycles. The zero-order valence-electron chi connectivity index (χ0n) is 17.1. The number of nitrogens with zero attached hydrogens (tertiary/aromatic N) is 2. The number of para-hydroxylation sites is 1. The van der Waals surface area contributed by atoms with Crippen molar-refractivity contribution in [2.45, 2.75) is 44.4 Å². The van der Waals surface area contributed by atoms with Crippen LogP contribution in [0.3, 0.4) is 0 Å². The molecule has 1 aromatic heterocycles. The molecule has 0 aliphatic carbocycles. The van der Waals surface area contributed by atoms with Crippen molar-refractivity contribution < 1.29 is 4.79 Å². The number of nitrogens with one attached hydrogen (secondary N) is 1.